The molecule has 1 aromatic carbocycles. The van der Waals surface area contributed by atoms with Crippen molar-refractivity contribution in [2.45, 2.75) is 19.5 Å². The molecule has 0 amide bonds. The molecule has 1 aromatic heterocycles. The first-order valence-electron chi connectivity index (χ1n) is 6.16. The van der Waals surface area contributed by atoms with Crippen LogP contribution in [0.4, 0.5) is 4.39 Å². The fourth-order valence-electron chi connectivity index (χ4n) is 1.84. The van der Waals surface area contributed by atoms with Gasteiger partial charge in [0.25, 0.3) is 0 Å². The zero-order valence-electron chi connectivity index (χ0n) is 10.5. The minimum Gasteiger partial charge on any atom is -0.313 e. The molecule has 2 aromatic rings. The molecule has 0 aliphatic heterocycles. The van der Waals surface area contributed by atoms with Crippen LogP contribution in [0, 0.1) is 17.1 Å². The van der Waals surface area contributed by atoms with E-state index in [0.717, 1.165) is 19.5 Å². The first-order chi connectivity index (χ1) is 9.29. The lowest BCUT2D eigenvalue weighted by Crippen LogP contribution is -2.17. The Morgan fingerprint density at radius 2 is 2.32 bits per heavy atom. The van der Waals surface area contributed by atoms with E-state index in [1.54, 1.807) is 6.20 Å². The van der Waals surface area contributed by atoms with Crippen molar-refractivity contribution in [1.82, 2.24) is 15.1 Å². The predicted octanol–water partition coefficient (Wildman–Crippen LogP) is 2.07. The van der Waals surface area contributed by atoms with E-state index >= 15 is 0 Å². The van der Waals surface area contributed by atoms with Crippen LogP contribution >= 0.6 is 0 Å². The number of halogens is 1. The molecule has 19 heavy (non-hydrogen) atoms. The summed E-state index contributed by atoms with van der Waals surface area (Å²) >= 11 is 0. The molecular formula is C14H15FN4. The van der Waals surface area contributed by atoms with Gasteiger partial charge in [0.1, 0.15) is 5.82 Å². The van der Waals surface area contributed by atoms with Crippen molar-refractivity contribution in [3.63, 3.8) is 0 Å². The van der Waals surface area contributed by atoms with Gasteiger partial charge in [-0.1, -0.05) is 0 Å². The van der Waals surface area contributed by atoms with Crippen molar-refractivity contribution in [2.24, 2.45) is 0 Å². The van der Waals surface area contributed by atoms with Gasteiger partial charge in [-0.25, -0.2) is 4.39 Å². The molecule has 0 saturated carbocycles. The minimum atomic E-state index is -0.313. The Kier molecular flexibility index (Phi) is 4.65. The van der Waals surface area contributed by atoms with Crippen LogP contribution in [0.3, 0.4) is 0 Å². The largest absolute Gasteiger partial charge is 0.313 e. The number of hydrogen-bond acceptors (Lipinski definition) is 3. The van der Waals surface area contributed by atoms with Crippen LogP contribution in [0.15, 0.2) is 36.7 Å². The molecule has 1 N–H and O–H groups in total. The summed E-state index contributed by atoms with van der Waals surface area (Å²) < 4.78 is 15.0. The van der Waals surface area contributed by atoms with Crippen molar-refractivity contribution >= 4 is 0 Å². The number of nitrogens with one attached hydrogen (secondary N) is 1. The van der Waals surface area contributed by atoms with Crippen molar-refractivity contribution in [2.75, 3.05) is 6.54 Å². The first-order valence-corrected chi connectivity index (χ1v) is 6.16. The predicted molar refractivity (Wildman–Crippen MR) is 69.7 cm³/mol. The second-order valence-electron chi connectivity index (χ2n) is 4.21. The van der Waals surface area contributed by atoms with Crippen LogP contribution in [0.2, 0.25) is 0 Å². The van der Waals surface area contributed by atoms with E-state index in [0.29, 0.717) is 17.7 Å². The maximum atomic E-state index is 13.1. The van der Waals surface area contributed by atoms with Gasteiger partial charge in [-0.3, -0.25) is 4.68 Å². The molecule has 0 unspecified atom stereocenters. The number of aromatic nitrogens is 2. The molecule has 5 heteroatoms. The van der Waals surface area contributed by atoms with Gasteiger partial charge in [0, 0.05) is 25.5 Å². The van der Waals surface area contributed by atoms with Crippen LogP contribution in [0.25, 0.3) is 0 Å². The average Bonchev–Trinajstić information content (AvgIpc) is 2.92. The number of aryl methyl sites for hydroxylation is 1. The molecule has 98 valence electrons. The van der Waals surface area contributed by atoms with E-state index in [4.69, 9.17) is 5.26 Å². The fraction of sp³-hybridized carbons (Fsp3) is 0.286. The summed E-state index contributed by atoms with van der Waals surface area (Å²) in [7, 11) is 0. The lowest BCUT2D eigenvalue weighted by atomic mass is 10.1. The lowest BCUT2D eigenvalue weighted by Gasteiger charge is -2.07. The lowest BCUT2D eigenvalue weighted by molar-refractivity contribution is 0.542. The molecule has 0 saturated heterocycles. The third kappa shape index (κ3) is 3.90. The molecule has 0 radical (unpaired) electrons. The molecule has 2 rings (SSSR count). The Labute approximate surface area is 111 Å². The van der Waals surface area contributed by atoms with E-state index in [1.165, 1.54) is 18.2 Å². The van der Waals surface area contributed by atoms with Gasteiger partial charge in [-0.15, -0.1) is 0 Å². The summed E-state index contributed by atoms with van der Waals surface area (Å²) in [4.78, 5) is 0. The van der Waals surface area contributed by atoms with Crippen LogP contribution in [0.1, 0.15) is 17.5 Å². The summed E-state index contributed by atoms with van der Waals surface area (Å²) in [6, 6.07) is 8.17. The molecule has 0 fully saturated rings. The van der Waals surface area contributed by atoms with E-state index in [-0.39, 0.29) is 5.82 Å². The van der Waals surface area contributed by atoms with Crippen molar-refractivity contribution in [1.29, 1.82) is 5.26 Å². The summed E-state index contributed by atoms with van der Waals surface area (Å²) in [6.45, 7) is 2.13. The van der Waals surface area contributed by atoms with Gasteiger partial charge in [-0.05, 0) is 42.8 Å². The van der Waals surface area contributed by atoms with E-state index in [1.807, 2.05) is 16.9 Å². The third-order valence-corrected chi connectivity index (χ3v) is 2.80. The zero-order chi connectivity index (χ0) is 13.5. The zero-order valence-corrected chi connectivity index (χ0v) is 10.5. The Balaban J connectivity index is 1.76. The van der Waals surface area contributed by atoms with Gasteiger partial charge >= 0.3 is 0 Å². The highest BCUT2D eigenvalue weighted by Gasteiger charge is 2.03. The van der Waals surface area contributed by atoms with Gasteiger partial charge in [-0.2, -0.15) is 10.4 Å². The Hall–Kier alpha value is -2.19. The third-order valence-electron chi connectivity index (χ3n) is 2.80. The topological polar surface area (TPSA) is 53.6 Å². The average molecular weight is 258 g/mol. The second kappa shape index (κ2) is 6.66. The highest BCUT2D eigenvalue weighted by atomic mass is 19.1. The Morgan fingerprint density at radius 3 is 3.05 bits per heavy atom. The quantitative estimate of drug-likeness (QED) is 0.807. The fourth-order valence-corrected chi connectivity index (χ4v) is 1.84. The summed E-state index contributed by atoms with van der Waals surface area (Å²) in [6.07, 6.45) is 4.60. The van der Waals surface area contributed by atoms with Gasteiger partial charge in [0.2, 0.25) is 0 Å². The number of nitrogens with zero attached hydrogens (tertiary/aromatic N) is 3. The normalized spacial score (nSPS) is 10.3. The van der Waals surface area contributed by atoms with Crippen molar-refractivity contribution in [3.8, 4) is 6.07 Å². The monoisotopic (exact) mass is 258 g/mol. The smallest absolute Gasteiger partial charge is 0.123 e. The Bertz CT molecular complexity index is 557. The van der Waals surface area contributed by atoms with Crippen LogP contribution in [-0.4, -0.2) is 16.3 Å². The maximum Gasteiger partial charge on any atom is 0.123 e. The summed E-state index contributed by atoms with van der Waals surface area (Å²) in [5.41, 5.74) is 1.21. The molecule has 0 atom stereocenters. The van der Waals surface area contributed by atoms with Crippen molar-refractivity contribution < 1.29 is 4.39 Å². The standard InChI is InChI=1S/C14H15FN4/c15-14-4-3-12(10-16)13(9-14)11-17-5-1-7-19-8-2-6-18-19/h2-4,6,8-9,17H,1,5,7,11H2. The highest BCUT2D eigenvalue weighted by molar-refractivity contribution is 5.37. The Morgan fingerprint density at radius 1 is 1.42 bits per heavy atom. The minimum absolute atomic E-state index is 0.313. The van der Waals surface area contributed by atoms with E-state index in [2.05, 4.69) is 16.5 Å². The van der Waals surface area contributed by atoms with Gasteiger partial charge in [0.05, 0.1) is 11.6 Å². The summed E-state index contributed by atoms with van der Waals surface area (Å²) in [5.74, 6) is -0.313. The molecular weight excluding hydrogens is 243 g/mol. The number of nitriles is 1. The van der Waals surface area contributed by atoms with Gasteiger partial charge < -0.3 is 5.32 Å². The highest BCUT2D eigenvalue weighted by Crippen LogP contribution is 2.10. The molecule has 1 heterocycles. The summed E-state index contributed by atoms with van der Waals surface area (Å²) in [5, 5.41) is 16.2. The van der Waals surface area contributed by atoms with Crippen LogP contribution < -0.4 is 5.32 Å². The maximum absolute atomic E-state index is 13.1. The molecule has 0 spiro atoms. The molecule has 0 bridgehead atoms. The van der Waals surface area contributed by atoms with E-state index in [9.17, 15) is 4.39 Å². The first kappa shape index (κ1) is 13.2. The van der Waals surface area contributed by atoms with E-state index < -0.39 is 0 Å². The number of hydrogen-bond donors (Lipinski definition) is 1. The number of rotatable bonds is 6. The molecule has 4 nitrogen and oxygen atoms in total. The van der Waals surface area contributed by atoms with Crippen LogP contribution in [-0.2, 0) is 13.1 Å². The van der Waals surface area contributed by atoms with Crippen LogP contribution in [0.5, 0.6) is 0 Å². The van der Waals surface area contributed by atoms with Crippen molar-refractivity contribution in [3.05, 3.63) is 53.6 Å². The SMILES string of the molecule is N#Cc1ccc(F)cc1CNCCCn1cccn1. The van der Waals surface area contributed by atoms with Gasteiger partial charge in [0.15, 0.2) is 0 Å². The number of benzene rings is 1. The molecule has 0 aliphatic carbocycles. The molecule has 0 aliphatic rings. The second-order valence-corrected chi connectivity index (χ2v) is 4.21.